The summed E-state index contributed by atoms with van der Waals surface area (Å²) in [6.07, 6.45) is 0. The summed E-state index contributed by atoms with van der Waals surface area (Å²) >= 11 is 0. The second-order valence-corrected chi connectivity index (χ2v) is 5.99. The maximum Gasteiger partial charge on any atom is 0.322 e. The van der Waals surface area contributed by atoms with Gasteiger partial charge in [0.05, 0.1) is 31.3 Å². The highest BCUT2D eigenvalue weighted by atomic mass is 16.5. The molecule has 3 rings (SSSR count). The van der Waals surface area contributed by atoms with Gasteiger partial charge in [-0.2, -0.15) is 9.97 Å². The molecule has 1 amide bonds. The first-order chi connectivity index (χ1) is 13.5. The third kappa shape index (κ3) is 4.20. The summed E-state index contributed by atoms with van der Waals surface area (Å²) < 4.78 is 16.1. The number of ether oxygens (including phenoxy) is 3. The number of anilines is 1. The number of hydrogen-bond acceptors (Lipinski definition) is 6. The lowest BCUT2D eigenvalue weighted by molar-refractivity contribution is 0.102. The van der Waals surface area contributed by atoms with Crippen LogP contribution in [0, 0.1) is 13.8 Å². The van der Waals surface area contributed by atoms with Crippen molar-refractivity contribution in [3.63, 3.8) is 0 Å². The van der Waals surface area contributed by atoms with E-state index in [1.807, 2.05) is 30.3 Å². The number of methoxy groups -OCH3 is 2. The molecule has 0 unspecified atom stereocenters. The summed E-state index contributed by atoms with van der Waals surface area (Å²) in [5.41, 5.74) is 2.18. The van der Waals surface area contributed by atoms with Crippen LogP contribution in [0.25, 0.3) is 0 Å². The van der Waals surface area contributed by atoms with Crippen LogP contribution >= 0.6 is 0 Å². The Morgan fingerprint density at radius 2 is 1.54 bits per heavy atom. The van der Waals surface area contributed by atoms with Gasteiger partial charge in [0.15, 0.2) is 11.5 Å². The second kappa shape index (κ2) is 8.39. The van der Waals surface area contributed by atoms with Crippen molar-refractivity contribution < 1.29 is 19.0 Å². The maximum absolute atomic E-state index is 12.7. The lowest BCUT2D eigenvalue weighted by Crippen LogP contribution is -2.15. The van der Waals surface area contributed by atoms with Crippen LogP contribution in [0.2, 0.25) is 0 Å². The summed E-state index contributed by atoms with van der Waals surface area (Å²) in [7, 11) is 3.06. The summed E-state index contributed by atoms with van der Waals surface area (Å²) in [4.78, 5) is 21.4. The van der Waals surface area contributed by atoms with Gasteiger partial charge in [0.25, 0.3) is 5.91 Å². The molecule has 0 aliphatic rings. The van der Waals surface area contributed by atoms with Gasteiger partial charge in [-0.15, -0.1) is 0 Å². The van der Waals surface area contributed by atoms with Gasteiger partial charge in [-0.25, -0.2) is 0 Å². The van der Waals surface area contributed by atoms with E-state index in [0.29, 0.717) is 39.9 Å². The van der Waals surface area contributed by atoms with Crippen molar-refractivity contribution >= 4 is 11.6 Å². The maximum atomic E-state index is 12.7. The van der Waals surface area contributed by atoms with Crippen LogP contribution in [0.15, 0.2) is 48.5 Å². The van der Waals surface area contributed by atoms with E-state index < -0.39 is 0 Å². The molecule has 0 fully saturated rings. The zero-order valence-corrected chi connectivity index (χ0v) is 16.1. The third-order valence-corrected chi connectivity index (χ3v) is 4.09. The normalized spacial score (nSPS) is 10.3. The fraction of sp³-hybridized carbons (Fsp3) is 0.190. The van der Waals surface area contributed by atoms with Gasteiger partial charge in [-0.05, 0) is 44.2 Å². The van der Waals surface area contributed by atoms with Crippen LogP contribution in [-0.4, -0.2) is 30.1 Å². The zero-order chi connectivity index (χ0) is 20.1. The van der Waals surface area contributed by atoms with Crippen molar-refractivity contribution in [3.05, 3.63) is 65.5 Å². The molecule has 0 saturated heterocycles. The minimum absolute atomic E-state index is 0.227. The highest BCUT2D eigenvalue weighted by Gasteiger charge is 2.16. The minimum Gasteiger partial charge on any atom is -0.493 e. The van der Waals surface area contributed by atoms with E-state index in [2.05, 4.69) is 15.3 Å². The van der Waals surface area contributed by atoms with Crippen molar-refractivity contribution in [3.8, 4) is 23.3 Å². The van der Waals surface area contributed by atoms with E-state index >= 15 is 0 Å². The summed E-state index contributed by atoms with van der Waals surface area (Å²) in [5, 5.41) is 2.86. The Hall–Kier alpha value is -3.61. The number of benzene rings is 2. The molecule has 0 bridgehead atoms. The molecule has 0 spiro atoms. The Labute approximate surface area is 163 Å². The van der Waals surface area contributed by atoms with Crippen molar-refractivity contribution in [1.29, 1.82) is 0 Å². The number of aromatic nitrogens is 2. The third-order valence-electron chi connectivity index (χ3n) is 4.09. The molecule has 0 saturated carbocycles. The molecule has 2 aromatic carbocycles. The Kier molecular flexibility index (Phi) is 5.74. The average Bonchev–Trinajstić information content (AvgIpc) is 2.70. The van der Waals surface area contributed by atoms with Crippen molar-refractivity contribution in [2.24, 2.45) is 0 Å². The number of carbonyl (C=O) groups is 1. The van der Waals surface area contributed by atoms with Gasteiger partial charge in [0.1, 0.15) is 5.75 Å². The highest BCUT2D eigenvalue weighted by molar-refractivity contribution is 6.05. The van der Waals surface area contributed by atoms with Crippen LogP contribution in [0.1, 0.15) is 21.7 Å². The van der Waals surface area contributed by atoms with Gasteiger partial charge in [0, 0.05) is 5.56 Å². The SMILES string of the molecule is COc1ccc(C(=O)Nc2c(C)nc(Oc3ccccc3)nc2C)cc1OC. The number of aryl methyl sites for hydroxylation is 2. The smallest absolute Gasteiger partial charge is 0.322 e. The van der Waals surface area contributed by atoms with Gasteiger partial charge in [-0.3, -0.25) is 4.79 Å². The van der Waals surface area contributed by atoms with Crippen molar-refractivity contribution in [2.45, 2.75) is 13.8 Å². The lowest BCUT2D eigenvalue weighted by Gasteiger charge is -2.13. The van der Waals surface area contributed by atoms with E-state index in [0.717, 1.165) is 0 Å². The molecule has 144 valence electrons. The molecule has 0 aliphatic carbocycles. The van der Waals surface area contributed by atoms with Gasteiger partial charge >= 0.3 is 6.01 Å². The monoisotopic (exact) mass is 379 g/mol. The number of hydrogen-bond donors (Lipinski definition) is 1. The standard InChI is InChI=1S/C21H21N3O4/c1-13-19(14(2)23-21(22-13)28-16-8-6-5-7-9-16)24-20(25)15-10-11-17(26-3)18(12-15)27-4/h5-12H,1-4H3,(H,24,25). The molecule has 1 N–H and O–H groups in total. The second-order valence-electron chi connectivity index (χ2n) is 5.99. The minimum atomic E-state index is -0.299. The molecule has 0 radical (unpaired) electrons. The lowest BCUT2D eigenvalue weighted by atomic mass is 10.1. The van der Waals surface area contributed by atoms with E-state index in [4.69, 9.17) is 14.2 Å². The van der Waals surface area contributed by atoms with Gasteiger partial charge in [0.2, 0.25) is 0 Å². The van der Waals surface area contributed by atoms with Crippen LogP contribution in [0.3, 0.4) is 0 Å². The number of carbonyl (C=O) groups excluding carboxylic acids is 1. The predicted octanol–water partition coefficient (Wildman–Crippen LogP) is 4.16. The number of amides is 1. The van der Waals surface area contributed by atoms with Crippen LogP contribution in [0.5, 0.6) is 23.3 Å². The van der Waals surface area contributed by atoms with Crippen LogP contribution in [-0.2, 0) is 0 Å². The number of nitrogens with zero attached hydrogens (tertiary/aromatic N) is 2. The van der Waals surface area contributed by atoms with E-state index in [-0.39, 0.29) is 11.9 Å². The van der Waals surface area contributed by atoms with Crippen molar-refractivity contribution in [1.82, 2.24) is 9.97 Å². The number of para-hydroxylation sites is 1. The molecule has 7 heteroatoms. The first kappa shape index (κ1) is 19.2. The Morgan fingerprint density at radius 3 is 2.14 bits per heavy atom. The van der Waals surface area contributed by atoms with E-state index in [1.165, 1.54) is 7.11 Å². The highest BCUT2D eigenvalue weighted by Crippen LogP contribution is 2.29. The first-order valence-corrected chi connectivity index (χ1v) is 8.63. The van der Waals surface area contributed by atoms with Gasteiger partial charge < -0.3 is 19.5 Å². The Bertz CT molecular complexity index is 967. The molecule has 0 atom stereocenters. The molecule has 3 aromatic rings. The number of nitrogens with one attached hydrogen (secondary N) is 1. The fourth-order valence-electron chi connectivity index (χ4n) is 2.67. The molecule has 0 aliphatic heterocycles. The summed E-state index contributed by atoms with van der Waals surface area (Å²) in [6.45, 7) is 3.58. The van der Waals surface area contributed by atoms with E-state index in [1.54, 1.807) is 39.2 Å². The predicted molar refractivity (Wildman–Crippen MR) is 106 cm³/mol. The van der Waals surface area contributed by atoms with Crippen LogP contribution in [0.4, 0.5) is 5.69 Å². The van der Waals surface area contributed by atoms with Crippen LogP contribution < -0.4 is 19.5 Å². The summed E-state index contributed by atoms with van der Waals surface area (Å²) in [5.74, 6) is 1.37. The molecule has 1 aromatic heterocycles. The largest absolute Gasteiger partial charge is 0.493 e. The number of rotatable bonds is 6. The fourth-order valence-corrected chi connectivity index (χ4v) is 2.67. The Balaban J connectivity index is 1.81. The average molecular weight is 379 g/mol. The molecular weight excluding hydrogens is 358 g/mol. The van der Waals surface area contributed by atoms with Gasteiger partial charge in [-0.1, -0.05) is 18.2 Å². The quantitative estimate of drug-likeness (QED) is 0.693. The molecule has 1 heterocycles. The molecule has 28 heavy (non-hydrogen) atoms. The molecular formula is C21H21N3O4. The van der Waals surface area contributed by atoms with E-state index in [9.17, 15) is 4.79 Å². The summed E-state index contributed by atoms with van der Waals surface area (Å²) in [6, 6.07) is 14.5. The topological polar surface area (TPSA) is 82.6 Å². The first-order valence-electron chi connectivity index (χ1n) is 8.63. The Morgan fingerprint density at radius 1 is 0.893 bits per heavy atom. The zero-order valence-electron chi connectivity index (χ0n) is 16.1. The van der Waals surface area contributed by atoms with Crippen molar-refractivity contribution in [2.75, 3.05) is 19.5 Å². The molecule has 7 nitrogen and oxygen atoms in total.